The molecule has 0 saturated carbocycles. The summed E-state index contributed by atoms with van der Waals surface area (Å²) in [5, 5.41) is 14.2. The summed E-state index contributed by atoms with van der Waals surface area (Å²) in [7, 11) is 0. The first kappa shape index (κ1) is 21.1. The van der Waals surface area contributed by atoms with Crippen molar-refractivity contribution in [2.75, 3.05) is 13.1 Å². The predicted molar refractivity (Wildman–Crippen MR) is 53.2 cm³/mol. The summed E-state index contributed by atoms with van der Waals surface area (Å²) in [6, 6.07) is -0.286. The summed E-state index contributed by atoms with van der Waals surface area (Å²) in [6.45, 7) is 1.71. The lowest BCUT2D eigenvalue weighted by atomic mass is 10.2. The lowest BCUT2D eigenvalue weighted by Gasteiger charge is -2.28. The Morgan fingerprint density at radius 3 is 1.10 bits per heavy atom. The van der Waals surface area contributed by atoms with Crippen LogP contribution in [0.1, 0.15) is 6.42 Å². The van der Waals surface area contributed by atoms with E-state index in [-0.39, 0.29) is 6.03 Å². The van der Waals surface area contributed by atoms with Crippen molar-refractivity contribution >= 4 is 18.0 Å². The van der Waals surface area contributed by atoms with Crippen LogP contribution in [0.25, 0.3) is 0 Å². The molecule has 21 heavy (non-hydrogen) atoms. The number of carbonyl (C=O) groups is 3. The largest absolute Gasteiger partial charge is 0.490 e. The molecule has 0 aromatic carbocycles. The van der Waals surface area contributed by atoms with Gasteiger partial charge in [0, 0.05) is 13.1 Å². The number of carbonyl (C=O) groups excluding carboxylic acids is 1. The van der Waals surface area contributed by atoms with Crippen LogP contribution in [0.15, 0.2) is 0 Å². The maximum atomic E-state index is 10.6. The van der Waals surface area contributed by atoms with E-state index in [9.17, 15) is 31.1 Å². The van der Waals surface area contributed by atoms with Crippen LogP contribution in [0, 0.1) is 0 Å². The van der Waals surface area contributed by atoms with E-state index >= 15 is 0 Å². The quantitative estimate of drug-likeness (QED) is 0.574. The normalized spacial score (nSPS) is 13.7. The number of nitrogens with two attached hydrogens (primary N) is 1. The zero-order valence-electron chi connectivity index (χ0n) is 10.0. The molecule has 0 atom stereocenters. The number of amides is 2. The number of carboxylic acids is 2. The van der Waals surface area contributed by atoms with E-state index in [2.05, 4.69) is 0 Å². The Balaban J connectivity index is 0. The van der Waals surface area contributed by atoms with Gasteiger partial charge in [-0.15, -0.1) is 0 Å². The van der Waals surface area contributed by atoms with Gasteiger partial charge in [-0.3, -0.25) is 0 Å². The zero-order chi connectivity index (χ0) is 17.4. The van der Waals surface area contributed by atoms with E-state index in [1.165, 1.54) is 0 Å². The molecule has 13 heteroatoms. The van der Waals surface area contributed by atoms with E-state index in [4.69, 9.17) is 25.5 Å². The van der Waals surface area contributed by atoms with Crippen molar-refractivity contribution in [2.45, 2.75) is 18.8 Å². The Hall–Kier alpha value is -2.21. The standard InChI is InChI=1S/C4H8N2O.2C2HF3O2/c5-4(7)6-2-1-3-6;2*3-2(4,5)1(6)7/h1-3H2,(H2,5,7);2*(H,6,7). The molecule has 1 heterocycles. The van der Waals surface area contributed by atoms with E-state index in [0.29, 0.717) is 0 Å². The van der Waals surface area contributed by atoms with E-state index in [1.54, 1.807) is 4.90 Å². The highest BCUT2D eigenvalue weighted by Gasteiger charge is 2.38. The minimum absolute atomic E-state index is 0.286. The summed E-state index contributed by atoms with van der Waals surface area (Å²) in [6.07, 6.45) is -9.05. The molecule has 1 fully saturated rings. The molecule has 1 saturated heterocycles. The number of primary amides is 1. The van der Waals surface area contributed by atoms with Gasteiger partial charge in [-0.05, 0) is 6.42 Å². The molecule has 0 radical (unpaired) electrons. The van der Waals surface area contributed by atoms with Crippen LogP contribution in [-0.4, -0.2) is 58.5 Å². The average Bonchev–Trinajstić information content (AvgIpc) is 2.11. The van der Waals surface area contributed by atoms with Crippen LogP contribution in [0.3, 0.4) is 0 Å². The minimum Gasteiger partial charge on any atom is -0.475 e. The Labute approximate surface area is 112 Å². The van der Waals surface area contributed by atoms with Gasteiger partial charge in [0.05, 0.1) is 0 Å². The molecule has 1 aliphatic heterocycles. The first-order chi connectivity index (χ1) is 9.19. The third kappa shape index (κ3) is 11.3. The van der Waals surface area contributed by atoms with Crippen LogP contribution in [0.2, 0.25) is 0 Å². The van der Waals surface area contributed by atoms with Crippen molar-refractivity contribution in [3.05, 3.63) is 0 Å². The molecule has 0 aromatic heterocycles. The fourth-order valence-electron chi connectivity index (χ4n) is 0.537. The third-order valence-electron chi connectivity index (χ3n) is 1.65. The second-order valence-electron chi connectivity index (χ2n) is 3.28. The molecule has 0 spiro atoms. The lowest BCUT2D eigenvalue weighted by molar-refractivity contribution is -0.193. The van der Waals surface area contributed by atoms with Crippen LogP contribution >= 0.6 is 0 Å². The van der Waals surface area contributed by atoms with Crippen LogP contribution in [0.4, 0.5) is 31.1 Å². The molecule has 124 valence electrons. The number of hydrogen-bond donors (Lipinski definition) is 3. The second kappa shape index (κ2) is 8.16. The van der Waals surface area contributed by atoms with E-state index in [1.807, 2.05) is 0 Å². The average molecular weight is 328 g/mol. The minimum atomic E-state index is -5.08. The van der Waals surface area contributed by atoms with E-state index in [0.717, 1.165) is 19.5 Å². The van der Waals surface area contributed by atoms with Gasteiger partial charge in [-0.25, -0.2) is 14.4 Å². The second-order valence-corrected chi connectivity index (χ2v) is 3.28. The van der Waals surface area contributed by atoms with Crippen LogP contribution in [0.5, 0.6) is 0 Å². The predicted octanol–water partition coefficient (Wildman–Crippen LogP) is 1.04. The number of nitrogens with zero attached hydrogens (tertiary/aromatic N) is 1. The molecule has 0 aliphatic carbocycles. The number of rotatable bonds is 0. The number of aliphatic carboxylic acids is 2. The van der Waals surface area contributed by atoms with Crippen molar-refractivity contribution in [1.29, 1.82) is 0 Å². The van der Waals surface area contributed by atoms with Gasteiger partial charge in [0.1, 0.15) is 0 Å². The summed E-state index contributed by atoms with van der Waals surface area (Å²) in [5.41, 5.74) is 4.88. The molecule has 7 nitrogen and oxygen atoms in total. The molecule has 1 aliphatic rings. The van der Waals surface area contributed by atoms with Gasteiger partial charge in [0.15, 0.2) is 0 Å². The Bertz CT molecular complexity index is 352. The monoisotopic (exact) mass is 328 g/mol. The lowest BCUT2D eigenvalue weighted by Crippen LogP contribution is -2.45. The van der Waals surface area contributed by atoms with Crippen LogP contribution < -0.4 is 5.73 Å². The van der Waals surface area contributed by atoms with Gasteiger partial charge in [0.25, 0.3) is 0 Å². The summed E-state index contributed by atoms with van der Waals surface area (Å²) in [4.78, 5) is 29.5. The molecule has 4 N–H and O–H groups in total. The number of carboxylic acid groups (broad SMARTS) is 2. The number of hydrogen-bond acceptors (Lipinski definition) is 3. The fraction of sp³-hybridized carbons (Fsp3) is 0.625. The maximum absolute atomic E-state index is 10.6. The Kier molecular flexibility index (Phi) is 8.20. The summed E-state index contributed by atoms with van der Waals surface area (Å²) >= 11 is 0. The number of alkyl halides is 6. The molecular weight excluding hydrogens is 318 g/mol. The van der Waals surface area contributed by atoms with Crippen molar-refractivity contribution in [2.24, 2.45) is 5.73 Å². The highest BCUT2D eigenvalue weighted by atomic mass is 19.4. The highest BCUT2D eigenvalue weighted by molar-refractivity contribution is 5.73. The van der Waals surface area contributed by atoms with Crippen LogP contribution in [-0.2, 0) is 9.59 Å². The molecule has 2 amide bonds. The number of likely N-dealkylation sites (tertiary alicyclic amines) is 1. The van der Waals surface area contributed by atoms with Gasteiger partial charge < -0.3 is 20.8 Å². The number of halogens is 6. The zero-order valence-corrected chi connectivity index (χ0v) is 10.0. The summed E-state index contributed by atoms with van der Waals surface area (Å²) < 4.78 is 63.5. The Morgan fingerprint density at radius 2 is 1.10 bits per heavy atom. The summed E-state index contributed by atoms with van der Waals surface area (Å²) in [5.74, 6) is -5.51. The van der Waals surface area contributed by atoms with Gasteiger partial charge in [-0.1, -0.05) is 0 Å². The SMILES string of the molecule is NC(=O)N1CCC1.O=C(O)C(F)(F)F.O=C(O)C(F)(F)F. The van der Waals surface area contributed by atoms with E-state index < -0.39 is 24.3 Å². The molecule has 1 rings (SSSR count). The van der Waals surface area contributed by atoms with Gasteiger partial charge >= 0.3 is 30.3 Å². The van der Waals surface area contributed by atoms with Gasteiger partial charge in [-0.2, -0.15) is 26.3 Å². The van der Waals surface area contributed by atoms with Crippen molar-refractivity contribution in [3.63, 3.8) is 0 Å². The topological polar surface area (TPSA) is 121 Å². The van der Waals surface area contributed by atoms with Crippen molar-refractivity contribution in [1.82, 2.24) is 4.90 Å². The first-order valence-corrected chi connectivity index (χ1v) is 4.84. The first-order valence-electron chi connectivity index (χ1n) is 4.84. The highest BCUT2D eigenvalue weighted by Crippen LogP contribution is 2.13. The van der Waals surface area contributed by atoms with Crippen molar-refractivity contribution in [3.8, 4) is 0 Å². The maximum Gasteiger partial charge on any atom is 0.490 e. The smallest absolute Gasteiger partial charge is 0.475 e. The van der Waals surface area contributed by atoms with Gasteiger partial charge in [0.2, 0.25) is 0 Å². The Morgan fingerprint density at radius 1 is 0.857 bits per heavy atom. The fourth-order valence-corrected chi connectivity index (χ4v) is 0.537. The molecule has 0 aromatic rings. The number of urea groups is 1. The van der Waals surface area contributed by atoms with Crippen molar-refractivity contribution < 1.29 is 50.9 Å². The molecular formula is C8H10F6N2O5. The third-order valence-corrected chi connectivity index (χ3v) is 1.65. The molecule has 0 unspecified atom stereocenters. The molecule has 0 bridgehead atoms.